The van der Waals surface area contributed by atoms with Crippen LogP contribution in [-0.2, 0) is 9.53 Å². The van der Waals surface area contributed by atoms with Gasteiger partial charge in [0.25, 0.3) is 0 Å². The van der Waals surface area contributed by atoms with E-state index in [0.717, 1.165) is 13.1 Å². The number of amides is 1. The van der Waals surface area contributed by atoms with Crippen LogP contribution < -0.4 is 5.32 Å². The first kappa shape index (κ1) is 15.9. The summed E-state index contributed by atoms with van der Waals surface area (Å²) in [5, 5.41) is 2.78. The summed E-state index contributed by atoms with van der Waals surface area (Å²) in [6, 6.07) is 4.45. The highest BCUT2D eigenvalue weighted by atomic mass is 19.1. The van der Waals surface area contributed by atoms with Crippen LogP contribution in [0.2, 0.25) is 0 Å². The second kappa shape index (κ2) is 6.54. The Labute approximate surface area is 125 Å². The lowest BCUT2D eigenvalue weighted by Gasteiger charge is -2.38. The second-order valence-corrected chi connectivity index (χ2v) is 5.84. The van der Waals surface area contributed by atoms with Crippen LogP contribution >= 0.6 is 0 Å². The van der Waals surface area contributed by atoms with Gasteiger partial charge in [-0.2, -0.15) is 0 Å². The molecule has 0 radical (unpaired) electrons. The van der Waals surface area contributed by atoms with Gasteiger partial charge in [-0.25, -0.2) is 4.39 Å². The van der Waals surface area contributed by atoms with Crippen molar-refractivity contribution in [1.29, 1.82) is 0 Å². The summed E-state index contributed by atoms with van der Waals surface area (Å²) >= 11 is 0. The first-order valence-corrected chi connectivity index (χ1v) is 7.33. The lowest BCUT2D eigenvalue weighted by atomic mass is 10.1. The van der Waals surface area contributed by atoms with Gasteiger partial charge in [-0.3, -0.25) is 9.69 Å². The molecule has 1 saturated heterocycles. The number of hydrogen-bond acceptors (Lipinski definition) is 3. The summed E-state index contributed by atoms with van der Waals surface area (Å²) in [5.41, 5.74) is 1.06. The van der Waals surface area contributed by atoms with Gasteiger partial charge < -0.3 is 10.1 Å². The molecule has 21 heavy (non-hydrogen) atoms. The van der Waals surface area contributed by atoms with Crippen LogP contribution in [0.25, 0.3) is 0 Å². The average molecular weight is 294 g/mol. The summed E-state index contributed by atoms with van der Waals surface area (Å²) in [5.74, 6) is -0.436. The number of aryl methyl sites for hydroxylation is 1. The molecule has 0 saturated carbocycles. The number of halogens is 1. The third-order valence-corrected chi connectivity index (χ3v) is 3.81. The zero-order valence-electron chi connectivity index (χ0n) is 13.0. The Bertz CT molecular complexity index is 511. The van der Waals surface area contributed by atoms with Gasteiger partial charge >= 0.3 is 0 Å². The summed E-state index contributed by atoms with van der Waals surface area (Å²) in [4.78, 5) is 14.4. The fourth-order valence-electron chi connectivity index (χ4n) is 2.62. The molecule has 1 fully saturated rings. The first-order chi connectivity index (χ1) is 9.86. The monoisotopic (exact) mass is 294 g/mol. The van der Waals surface area contributed by atoms with Crippen LogP contribution in [0.4, 0.5) is 10.1 Å². The predicted molar refractivity (Wildman–Crippen MR) is 80.8 cm³/mol. The average Bonchev–Trinajstić information content (AvgIpc) is 2.41. The third kappa shape index (κ3) is 4.02. The Hall–Kier alpha value is -1.46. The van der Waals surface area contributed by atoms with Crippen molar-refractivity contribution in [2.75, 3.05) is 18.4 Å². The van der Waals surface area contributed by atoms with Crippen molar-refractivity contribution >= 4 is 11.6 Å². The molecule has 116 valence electrons. The highest BCUT2D eigenvalue weighted by Gasteiger charge is 2.29. The van der Waals surface area contributed by atoms with Gasteiger partial charge in [0.2, 0.25) is 5.91 Å². The smallest absolute Gasteiger partial charge is 0.241 e. The van der Waals surface area contributed by atoms with E-state index in [0.29, 0.717) is 11.3 Å². The molecule has 1 aromatic rings. The molecular formula is C16H23FN2O2. The Morgan fingerprint density at radius 3 is 2.57 bits per heavy atom. The van der Waals surface area contributed by atoms with Crippen molar-refractivity contribution in [2.24, 2.45) is 0 Å². The van der Waals surface area contributed by atoms with Crippen molar-refractivity contribution in [2.45, 2.75) is 45.9 Å². The van der Waals surface area contributed by atoms with E-state index < -0.39 is 0 Å². The summed E-state index contributed by atoms with van der Waals surface area (Å²) in [6.07, 6.45) is 0.224. The minimum atomic E-state index is -0.311. The number of benzene rings is 1. The highest BCUT2D eigenvalue weighted by molar-refractivity contribution is 5.94. The fourth-order valence-corrected chi connectivity index (χ4v) is 2.62. The molecular weight excluding hydrogens is 271 g/mol. The molecule has 1 aliphatic heterocycles. The van der Waals surface area contributed by atoms with E-state index in [1.165, 1.54) is 6.07 Å². The van der Waals surface area contributed by atoms with Gasteiger partial charge in [0.05, 0.1) is 18.2 Å². The van der Waals surface area contributed by atoms with E-state index in [-0.39, 0.29) is 30.0 Å². The van der Waals surface area contributed by atoms with Gasteiger partial charge in [-0.15, -0.1) is 0 Å². The number of carbonyl (C=O) groups excluding carboxylic acids is 1. The van der Waals surface area contributed by atoms with Crippen LogP contribution in [0.1, 0.15) is 26.3 Å². The van der Waals surface area contributed by atoms with Gasteiger partial charge in [0.1, 0.15) is 5.82 Å². The van der Waals surface area contributed by atoms with E-state index in [4.69, 9.17) is 4.74 Å². The zero-order valence-corrected chi connectivity index (χ0v) is 13.0. The van der Waals surface area contributed by atoms with Gasteiger partial charge in [0.15, 0.2) is 0 Å². The minimum absolute atomic E-state index is 0.112. The number of anilines is 1. The Morgan fingerprint density at radius 2 is 2.00 bits per heavy atom. The maximum atomic E-state index is 13.5. The number of nitrogens with zero attached hydrogens (tertiary/aromatic N) is 1. The van der Waals surface area contributed by atoms with Crippen LogP contribution in [0.15, 0.2) is 18.2 Å². The summed E-state index contributed by atoms with van der Waals surface area (Å²) in [7, 11) is 0. The summed E-state index contributed by atoms with van der Waals surface area (Å²) < 4.78 is 19.2. The highest BCUT2D eigenvalue weighted by Crippen LogP contribution is 2.17. The van der Waals surface area contributed by atoms with E-state index in [1.54, 1.807) is 19.1 Å². The molecule has 1 aromatic carbocycles. The van der Waals surface area contributed by atoms with Gasteiger partial charge in [-0.1, -0.05) is 6.07 Å². The predicted octanol–water partition coefficient (Wildman–Crippen LogP) is 2.57. The maximum Gasteiger partial charge on any atom is 0.241 e. The molecule has 0 aliphatic carbocycles. The van der Waals surface area contributed by atoms with Crippen LogP contribution in [0.3, 0.4) is 0 Å². The van der Waals surface area contributed by atoms with Crippen molar-refractivity contribution in [3.05, 3.63) is 29.6 Å². The van der Waals surface area contributed by atoms with E-state index in [2.05, 4.69) is 10.2 Å². The maximum absolute atomic E-state index is 13.5. The van der Waals surface area contributed by atoms with Gasteiger partial charge in [-0.05, 0) is 45.4 Å². The second-order valence-electron chi connectivity index (χ2n) is 5.84. The Morgan fingerprint density at radius 1 is 1.38 bits per heavy atom. The number of nitrogens with one attached hydrogen (secondary N) is 1. The number of rotatable bonds is 3. The lowest BCUT2D eigenvalue weighted by molar-refractivity contribution is -0.126. The molecule has 0 bridgehead atoms. The van der Waals surface area contributed by atoms with Crippen molar-refractivity contribution < 1.29 is 13.9 Å². The normalized spacial score (nSPS) is 24.6. The Kier molecular flexibility index (Phi) is 4.96. The number of carbonyl (C=O) groups is 1. The molecule has 1 heterocycles. The quantitative estimate of drug-likeness (QED) is 0.931. The molecule has 2 rings (SSSR count). The van der Waals surface area contributed by atoms with E-state index in [1.807, 2.05) is 20.8 Å². The molecule has 1 N–H and O–H groups in total. The van der Waals surface area contributed by atoms with Gasteiger partial charge in [0, 0.05) is 18.8 Å². The number of ether oxygens (including phenoxy) is 1. The first-order valence-electron chi connectivity index (χ1n) is 7.33. The topological polar surface area (TPSA) is 41.6 Å². The fraction of sp³-hybridized carbons (Fsp3) is 0.562. The largest absolute Gasteiger partial charge is 0.373 e. The minimum Gasteiger partial charge on any atom is -0.373 e. The molecule has 1 aliphatic rings. The van der Waals surface area contributed by atoms with E-state index >= 15 is 0 Å². The third-order valence-electron chi connectivity index (χ3n) is 3.81. The standard InChI is InChI=1S/C16H23FN2O2/c1-10-5-6-14(7-15(10)17)18-16(20)13(4)19-8-11(2)21-12(3)9-19/h5-7,11-13H,8-9H2,1-4H3,(H,18,20)/t11-,12+,13-/m1/s1. The van der Waals surface area contributed by atoms with E-state index in [9.17, 15) is 9.18 Å². The number of hydrogen-bond donors (Lipinski definition) is 1. The van der Waals surface area contributed by atoms with Crippen molar-refractivity contribution in [3.8, 4) is 0 Å². The zero-order chi connectivity index (χ0) is 15.6. The molecule has 0 spiro atoms. The molecule has 5 heteroatoms. The van der Waals surface area contributed by atoms with Crippen LogP contribution in [0.5, 0.6) is 0 Å². The van der Waals surface area contributed by atoms with Crippen molar-refractivity contribution in [3.63, 3.8) is 0 Å². The Balaban J connectivity index is 2.00. The molecule has 0 unspecified atom stereocenters. The molecule has 0 aromatic heterocycles. The van der Waals surface area contributed by atoms with Crippen LogP contribution in [0, 0.1) is 12.7 Å². The molecule has 4 nitrogen and oxygen atoms in total. The van der Waals surface area contributed by atoms with Crippen LogP contribution in [-0.4, -0.2) is 42.1 Å². The summed E-state index contributed by atoms with van der Waals surface area (Å²) in [6.45, 7) is 9.01. The molecule has 3 atom stereocenters. The molecule has 1 amide bonds. The lowest BCUT2D eigenvalue weighted by Crippen LogP contribution is -2.52. The number of morpholine rings is 1. The van der Waals surface area contributed by atoms with Crippen molar-refractivity contribution in [1.82, 2.24) is 4.90 Å². The SMILES string of the molecule is Cc1ccc(NC(=O)[C@@H](C)N2C[C@@H](C)O[C@@H](C)C2)cc1F.